The molecule has 2 aromatic rings. The van der Waals surface area contributed by atoms with Crippen molar-refractivity contribution in [3.63, 3.8) is 0 Å². The van der Waals surface area contributed by atoms with Crippen molar-refractivity contribution < 1.29 is 24.5 Å². The summed E-state index contributed by atoms with van der Waals surface area (Å²) in [5, 5.41) is 18.9. The second-order valence-corrected chi connectivity index (χ2v) is 7.03. The lowest BCUT2D eigenvalue weighted by Crippen LogP contribution is -2.05. The van der Waals surface area contributed by atoms with Gasteiger partial charge in [0.15, 0.2) is 0 Å². The molecule has 0 saturated heterocycles. The van der Waals surface area contributed by atoms with Crippen molar-refractivity contribution in [3.05, 3.63) is 82.9 Å². The Hall–Kier alpha value is -3.34. The van der Waals surface area contributed by atoms with Gasteiger partial charge in [-0.1, -0.05) is 68.7 Å². The third kappa shape index (κ3) is 7.95. The number of carbonyl (C=O) groups is 2. The van der Waals surface area contributed by atoms with E-state index in [0.29, 0.717) is 24.3 Å². The van der Waals surface area contributed by atoms with Gasteiger partial charge in [-0.2, -0.15) is 0 Å². The summed E-state index contributed by atoms with van der Waals surface area (Å²) in [6, 6.07) is 16.8. The Morgan fingerprint density at radius 2 is 1.60 bits per heavy atom. The van der Waals surface area contributed by atoms with Crippen LogP contribution in [-0.4, -0.2) is 22.2 Å². The normalized spacial score (nSPS) is 11.9. The third-order valence-corrected chi connectivity index (χ3v) is 4.60. The minimum atomic E-state index is -1.16. The lowest BCUT2D eigenvalue weighted by Gasteiger charge is -2.07. The summed E-state index contributed by atoms with van der Waals surface area (Å²) in [6.45, 7) is 2.52. The zero-order valence-electron chi connectivity index (χ0n) is 17.2. The van der Waals surface area contributed by atoms with Crippen LogP contribution in [0.1, 0.15) is 50.2 Å². The van der Waals surface area contributed by atoms with E-state index in [1.165, 1.54) is 12.2 Å². The van der Waals surface area contributed by atoms with Crippen molar-refractivity contribution in [3.8, 4) is 5.75 Å². The van der Waals surface area contributed by atoms with Crippen LogP contribution in [0.5, 0.6) is 5.75 Å². The van der Waals surface area contributed by atoms with Crippen molar-refractivity contribution in [2.24, 2.45) is 0 Å². The van der Waals surface area contributed by atoms with Crippen LogP contribution in [0.25, 0.3) is 6.08 Å². The van der Waals surface area contributed by atoms with Gasteiger partial charge in [0.1, 0.15) is 12.4 Å². The Morgan fingerprint density at radius 3 is 2.20 bits per heavy atom. The fourth-order valence-corrected chi connectivity index (χ4v) is 2.92. The lowest BCUT2D eigenvalue weighted by atomic mass is 10.0. The predicted molar refractivity (Wildman–Crippen MR) is 117 cm³/mol. The van der Waals surface area contributed by atoms with Gasteiger partial charge in [-0.3, -0.25) is 0 Å². The molecule has 158 valence electrons. The van der Waals surface area contributed by atoms with E-state index < -0.39 is 11.9 Å². The van der Waals surface area contributed by atoms with Crippen molar-refractivity contribution in [1.29, 1.82) is 0 Å². The number of unbranched alkanes of at least 4 members (excludes halogenated alkanes) is 3. The monoisotopic (exact) mass is 408 g/mol. The first-order valence-corrected chi connectivity index (χ1v) is 10.1. The highest BCUT2D eigenvalue weighted by Gasteiger charge is 2.12. The van der Waals surface area contributed by atoms with Crippen LogP contribution < -0.4 is 4.74 Å². The number of carboxylic acids is 2. The Morgan fingerprint density at radius 1 is 0.900 bits per heavy atom. The van der Waals surface area contributed by atoms with Crippen LogP contribution in [-0.2, 0) is 16.2 Å². The van der Waals surface area contributed by atoms with Crippen molar-refractivity contribution >= 4 is 18.0 Å². The first-order valence-electron chi connectivity index (χ1n) is 10.1. The second-order valence-electron chi connectivity index (χ2n) is 7.03. The van der Waals surface area contributed by atoms with Crippen LogP contribution >= 0.6 is 0 Å². The fraction of sp³-hybridized carbons (Fsp3) is 0.280. The number of carboxylic acid groups (broad SMARTS) is 2. The molecule has 0 amide bonds. The van der Waals surface area contributed by atoms with Gasteiger partial charge in [0.2, 0.25) is 0 Å². The second kappa shape index (κ2) is 12.3. The Balaban J connectivity index is 2.09. The van der Waals surface area contributed by atoms with Gasteiger partial charge in [0.05, 0.1) is 5.57 Å². The minimum absolute atomic E-state index is 0.0548. The van der Waals surface area contributed by atoms with Crippen LogP contribution in [0.3, 0.4) is 0 Å². The Labute approximate surface area is 177 Å². The van der Waals surface area contributed by atoms with Gasteiger partial charge in [0, 0.05) is 5.57 Å². The van der Waals surface area contributed by atoms with Gasteiger partial charge < -0.3 is 14.9 Å². The SMILES string of the molecule is CCCCCCC(=CC(=Cc1ccc(OCc2ccccc2)cc1)C(=O)O)C(=O)O. The summed E-state index contributed by atoms with van der Waals surface area (Å²) in [5.74, 6) is -1.57. The molecule has 5 heteroatoms. The molecule has 0 aliphatic carbocycles. The summed E-state index contributed by atoms with van der Waals surface area (Å²) in [6.07, 6.45) is 6.83. The molecule has 0 fully saturated rings. The van der Waals surface area contributed by atoms with E-state index in [0.717, 1.165) is 31.2 Å². The number of rotatable bonds is 12. The molecule has 2 aromatic carbocycles. The molecule has 0 bridgehead atoms. The van der Waals surface area contributed by atoms with Gasteiger partial charge in [-0.25, -0.2) is 9.59 Å². The maximum Gasteiger partial charge on any atom is 0.335 e. The quantitative estimate of drug-likeness (QED) is 0.267. The summed E-state index contributed by atoms with van der Waals surface area (Å²) in [5.41, 5.74) is 1.77. The Kier molecular flexibility index (Phi) is 9.38. The van der Waals surface area contributed by atoms with Gasteiger partial charge in [-0.15, -0.1) is 0 Å². The molecule has 0 radical (unpaired) electrons. The molecule has 30 heavy (non-hydrogen) atoms. The highest BCUT2D eigenvalue weighted by Crippen LogP contribution is 2.19. The van der Waals surface area contributed by atoms with Gasteiger partial charge in [-0.05, 0) is 48.3 Å². The zero-order valence-corrected chi connectivity index (χ0v) is 17.2. The van der Waals surface area contributed by atoms with E-state index in [1.54, 1.807) is 24.3 Å². The molecule has 0 saturated carbocycles. The van der Waals surface area contributed by atoms with E-state index >= 15 is 0 Å². The number of benzene rings is 2. The molecule has 0 aliphatic rings. The van der Waals surface area contributed by atoms with E-state index in [-0.39, 0.29) is 11.1 Å². The van der Waals surface area contributed by atoms with E-state index in [1.807, 2.05) is 30.3 Å². The molecule has 5 nitrogen and oxygen atoms in total. The average Bonchev–Trinajstić information content (AvgIpc) is 2.75. The summed E-state index contributed by atoms with van der Waals surface area (Å²) < 4.78 is 5.73. The predicted octanol–water partition coefficient (Wildman–Crippen LogP) is 5.72. The van der Waals surface area contributed by atoms with E-state index in [9.17, 15) is 19.8 Å². The molecular weight excluding hydrogens is 380 g/mol. The first kappa shape index (κ1) is 22.9. The maximum absolute atomic E-state index is 11.6. The van der Waals surface area contributed by atoms with Crippen molar-refractivity contribution in [1.82, 2.24) is 0 Å². The summed E-state index contributed by atoms with van der Waals surface area (Å²) >= 11 is 0. The van der Waals surface area contributed by atoms with E-state index in [4.69, 9.17) is 4.74 Å². The number of ether oxygens (including phenoxy) is 1. The van der Waals surface area contributed by atoms with Gasteiger partial charge in [0.25, 0.3) is 0 Å². The standard InChI is InChI=1S/C25H28O5/c1-2-3-4-8-11-21(24(26)27)17-22(25(28)29)16-19-12-14-23(15-13-19)30-18-20-9-6-5-7-10-20/h5-7,9-10,12-17H,2-4,8,11,18H2,1H3,(H,26,27)(H,28,29). The lowest BCUT2D eigenvalue weighted by molar-refractivity contribution is -0.133. The van der Waals surface area contributed by atoms with Crippen LogP contribution in [0.15, 0.2) is 71.8 Å². The molecule has 0 heterocycles. The van der Waals surface area contributed by atoms with E-state index in [2.05, 4.69) is 6.92 Å². The van der Waals surface area contributed by atoms with Crippen LogP contribution in [0.2, 0.25) is 0 Å². The van der Waals surface area contributed by atoms with Crippen LogP contribution in [0, 0.1) is 0 Å². The molecule has 2 N–H and O–H groups in total. The third-order valence-electron chi connectivity index (χ3n) is 4.60. The van der Waals surface area contributed by atoms with Gasteiger partial charge >= 0.3 is 11.9 Å². The highest BCUT2D eigenvalue weighted by molar-refractivity contribution is 5.98. The first-order chi connectivity index (χ1) is 14.5. The molecular formula is C25H28O5. The zero-order chi connectivity index (χ0) is 21.8. The maximum atomic E-state index is 11.6. The average molecular weight is 408 g/mol. The topological polar surface area (TPSA) is 83.8 Å². The largest absolute Gasteiger partial charge is 0.489 e. The number of hydrogen-bond acceptors (Lipinski definition) is 3. The molecule has 0 atom stereocenters. The fourth-order valence-electron chi connectivity index (χ4n) is 2.92. The summed E-state index contributed by atoms with van der Waals surface area (Å²) in [7, 11) is 0. The number of hydrogen-bond donors (Lipinski definition) is 2. The highest BCUT2D eigenvalue weighted by atomic mass is 16.5. The summed E-state index contributed by atoms with van der Waals surface area (Å²) in [4.78, 5) is 23.1. The van der Waals surface area contributed by atoms with Crippen molar-refractivity contribution in [2.75, 3.05) is 0 Å². The number of aliphatic carboxylic acids is 2. The Bertz CT molecular complexity index is 880. The molecule has 2 rings (SSSR count). The molecule has 0 unspecified atom stereocenters. The molecule has 0 aliphatic heterocycles. The van der Waals surface area contributed by atoms with Crippen molar-refractivity contribution in [2.45, 2.75) is 45.6 Å². The smallest absolute Gasteiger partial charge is 0.335 e. The van der Waals surface area contributed by atoms with Crippen LogP contribution in [0.4, 0.5) is 0 Å². The molecule has 0 aromatic heterocycles. The molecule has 0 spiro atoms. The minimum Gasteiger partial charge on any atom is -0.489 e.